The summed E-state index contributed by atoms with van der Waals surface area (Å²) in [7, 11) is -4.57. The summed E-state index contributed by atoms with van der Waals surface area (Å²) in [6.07, 6.45) is 0. The molecule has 0 unspecified atom stereocenters. The van der Waals surface area contributed by atoms with E-state index in [4.69, 9.17) is 5.73 Å². The van der Waals surface area contributed by atoms with E-state index < -0.39 is 10.3 Å². The Kier molecular flexibility index (Phi) is 5.75. The topological polar surface area (TPSA) is 126 Å². The zero-order chi connectivity index (χ0) is 20.3. The van der Waals surface area contributed by atoms with Crippen LogP contribution in [0.2, 0.25) is 0 Å². The van der Waals surface area contributed by atoms with Crippen LogP contribution in [0.1, 0.15) is 12.5 Å². The van der Waals surface area contributed by atoms with Crippen molar-refractivity contribution < 1.29 is 17.8 Å². The fraction of sp³-hybridized carbons (Fsp3) is 0.111. The van der Waals surface area contributed by atoms with Crippen molar-refractivity contribution in [3.05, 3.63) is 59.5 Å². The van der Waals surface area contributed by atoms with Crippen LogP contribution in [0.3, 0.4) is 0 Å². The third-order valence-electron chi connectivity index (χ3n) is 3.80. The molecule has 2 aromatic carbocycles. The van der Waals surface area contributed by atoms with E-state index in [9.17, 15) is 17.8 Å². The van der Waals surface area contributed by atoms with Crippen LogP contribution in [-0.2, 0) is 21.6 Å². The standard InChI is InChI=1S/C18H18N4O4S2/c1-12(23)20-18-21-17(11-27-18)14-3-2-4-16(9-14)22(28(24,25)26)15-7-5-13(10-19)6-8-15/h2-9,11H,10,19H2,1H3,(H,20,21,23)(H,24,25,26). The van der Waals surface area contributed by atoms with E-state index in [1.165, 1.54) is 18.3 Å². The van der Waals surface area contributed by atoms with Crippen molar-refractivity contribution in [3.8, 4) is 11.3 Å². The van der Waals surface area contributed by atoms with E-state index in [0.717, 1.165) is 9.87 Å². The Bertz CT molecular complexity index is 1090. The molecule has 4 N–H and O–H groups in total. The van der Waals surface area contributed by atoms with Gasteiger partial charge in [-0.15, -0.1) is 11.3 Å². The minimum atomic E-state index is -4.57. The smallest absolute Gasteiger partial charge is 0.326 e. The van der Waals surface area contributed by atoms with Crippen molar-refractivity contribution in [1.29, 1.82) is 0 Å². The second-order valence-electron chi connectivity index (χ2n) is 5.88. The Morgan fingerprint density at radius 1 is 1.21 bits per heavy atom. The number of nitrogens with zero attached hydrogens (tertiary/aromatic N) is 2. The van der Waals surface area contributed by atoms with Gasteiger partial charge in [0.25, 0.3) is 0 Å². The Balaban J connectivity index is 2.01. The molecule has 0 aliphatic heterocycles. The normalized spacial score (nSPS) is 11.2. The highest BCUT2D eigenvalue weighted by molar-refractivity contribution is 7.87. The molecule has 1 heterocycles. The predicted octanol–water partition coefficient (Wildman–Crippen LogP) is 3.17. The van der Waals surface area contributed by atoms with Crippen LogP contribution in [0.4, 0.5) is 16.5 Å². The third kappa shape index (κ3) is 4.54. The predicted molar refractivity (Wildman–Crippen MR) is 110 cm³/mol. The molecule has 3 aromatic rings. The van der Waals surface area contributed by atoms with Crippen LogP contribution in [0.25, 0.3) is 11.3 Å². The highest BCUT2D eigenvalue weighted by atomic mass is 32.2. The van der Waals surface area contributed by atoms with Gasteiger partial charge in [-0.2, -0.15) is 8.42 Å². The minimum absolute atomic E-state index is 0.229. The van der Waals surface area contributed by atoms with E-state index >= 15 is 0 Å². The van der Waals surface area contributed by atoms with Crippen molar-refractivity contribution in [2.75, 3.05) is 9.62 Å². The van der Waals surface area contributed by atoms with Gasteiger partial charge in [0.15, 0.2) is 5.13 Å². The first-order valence-electron chi connectivity index (χ1n) is 8.18. The summed E-state index contributed by atoms with van der Waals surface area (Å²) >= 11 is 1.26. The summed E-state index contributed by atoms with van der Waals surface area (Å²) in [6, 6.07) is 13.1. The summed E-state index contributed by atoms with van der Waals surface area (Å²) in [5.74, 6) is -0.229. The number of anilines is 3. The fourth-order valence-corrected chi connectivity index (χ4v) is 4.12. The lowest BCUT2D eigenvalue weighted by molar-refractivity contribution is -0.114. The molecule has 0 aliphatic carbocycles. The number of thiazole rings is 1. The van der Waals surface area contributed by atoms with E-state index in [1.807, 2.05) is 0 Å². The van der Waals surface area contributed by atoms with Crippen molar-refractivity contribution >= 4 is 44.1 Å². The molecule has 28 heavy (non-hydrogen) atoms. The van der Waals surface area contributed by atoms with Crippen LogP contribution in [0.15, 0.2) is 53.9 Å². The first-order valence-corrected chi connectivity index (χ1v) is 10.5. The Hall–Kier alpha value is -2.79. The lowest BCUT2D eigenvalue weighted by atomic mass is 10.1. The number of nitrogens with one attached hydrogen (secondary N) is 1. The zero-order valence-electron chi connectivity index (χ0n) is 14.9. The van der Waals surface area contributed by atoms with E-state index in [-0.39, 0.29) is 17.3 Å². The van der Waals surface area contributed by atoms with Crippen LogP contribution < -0.4 is 15.4 Å². The third-order valence-corrected chi connectivity index (χ3v) is 5.44. The molecule has 0 atom stereocenters. The van der Waals surface area contributed by atoms with Gasteiger partial charge in [0.2, 0.25) is 5.91 Å². The van der Waals surface area contributed by atoms with Crippen molar-refractivity contribution in [2.45, 2.75) is 13.5 Å². The van der Waals surface area contributed by atoms with Gasteiger partial charge < -0.3 is 11.1 Å². The Morgan fingerprint density at radius 2 is 1.93 bits per heavy atom. The fourth-order valence-electron chi connectivity index (χ4n) is 2.59. The van der Waals surface area contributed by atoms with E-state index in [0.29, 0.717) is 22.9 Å². The van der Waals surface area contributed by atoms with Gasteiger partial charge in [0.05, 0.1) is 17.1 Å². The van der Waals surface area contributed by atoms with Crippen molar-refractivity contribution in [3.63, 3.8) is 0 Å². The van der Waals surface area contributed by atoms with E-state index in [2.05, 4.69) is 10.3 Å². The number of amides is 1. The summed E-state index contributed by atoms with van der Waals surface area (Å²) in [5.41, 5.74) is 8.14. The molecule has 10 heteroatoms. The quantitative estimate of drug-likeness (QED) is 0.528. The maximum absolute atomic E-state index is 12.1. The molecular weight excluding hydrogens is 400 g/mol. The highest BCUT2D eigenvalue weighted by Crippen LogP contribution is 2.33. The number of benzene rings is 2. The average Bonchev–Trinajstić information content (AvgIpc) is 3.09. The van der Waals surface area contributed by atoms with Crippen molar-refractivity contribution in [1.82, 2.24) is 4.98 Å². The molecule has 8 nitrogen and oxygen atoms in total. The lowest BCUT2D eigenvalue weighted by Gasteiger charge is -2.21. The number of nitrogens with two attached hydrogens (primary N) is 1. The second kappa shape index (κ2) is 8.07. The highest BCUT2D eigenvalue weighted by Gasteiger charge is 2.22. The summed E-state index contributed by atoms with van der Waals surface area (Å²) in [4.78, 5) is 15.5. The second-order valence-corrected chi connectivity index (χ2v) is 8.00. The summed E-state index contributed by atoms with van der Waals surface area (Å²) in [6.45, 7) is 1.71. The number of aromatic nitrogens is 1. The molecule has 0 spiro atoms. The SMILES string of the molecule is CC(=O)Nc1nc(-c2cccc(N(c3ccc(CN)cc3)S(=O)(=O)O)c2)cs1. The molecule has 0 saturated carbocycles. The van der Waals surface area contributed by atoms with Crippen LogP contribution in [-0.4, -0.2) is 23.9 Å². The monoisotopic (exact) mass is 418 g/mol. The van der Waals surface area contributed by atoms with Gasteiger partial charge >= 0.3 is 10.3 Å². The number of carbonyl (C=O) groups excluding carboxylic acids is 1. The largest absolute Gasteiger partial charge is 0.364 e. The van der Waals surface area contributed by atoms with Gasteiger partial charge in [-0.1, -0.05) is 24.3 Å². The first kappa shape index (κ1) is 20.0. The molecule has 1 amide bonds. The van der Waals surface area contributed by atoms with Gasteiger partial charge in [-0.3, -0.25) is 9.35 Å². The number of carbonyl (C=O) groups is 1. The molecule has 0 saturated heterocycles. The van der Waals surface area contributed by atoms with Gasteiger partial charge in [0, 0.05) is 24.4 Å². The maximum Gasteiger partial charge on any atom is 0.364 e. The summed E-state index contributed by atoms with van der Waals surface area (Å²) in [5, 5.41) is 4.79. The average molecular weight is 419 g/mol. The van der Waals surface area contributed by atoms with Crippen LogP contribution in [0, 0.1) is 0 Å². The lowest BCUT2D eigenvalue weighted by Crippen LogP contribution is -2.25. The van der Waals surface area contributed by atoms with Crippen molar-refractivity contribution in [2.24, 2.45) is 5.73 Å². The Morgan fingerprint density at radius 3 is 2.54 bits per heavy atom. The Labute approximate surface area is 166 Å². The van der Waals surface area contributed by atoms with Crippen LogP contribution >= 0.6 is 11.3 Å². The maximum atomic E-state index is 12.1. The molecule has 146 valence electrons. The molecule has 0 bridgehead atoms. The van der Waals surface area contributed by atoms with Gasteiger partial charge in [-0.05, 0) is 29.8 Å². The summed E-state index contributed by atoms with van der Waals surface area (Å²) < 4.78 is 34.7. The molecule has 1 aromatic heterocycles. The number of rotatable bonds is 6. The molecule has 0 aliphatic rings. The number of hydrogen-bond donors (Lipinski definition) is 3. The van der Waals surface area contributed by atoms with Gasteiger partial charge in [-0.25, -0.2) is 9.29 Å². The van der Waals surface area contributed by atoms with Gasteiger partial charge in [0.1, 0.15) is 0 Å². The molecule has 3 rings (SSSR count). The zero-order valence-corrected chi connectivity index (χ0v) is 16.5. The number of hydrogen-bond acceptors (Lipinski definition) is 6. The molecule has 0 fully saturated rings. The first-order chi connectivity index (χ1) is 13.3. The van der Waals surface area contributed by atoms with E-state index in [1.54, 1.807) is 53.9 Å². The molecular formula is C18H18N4O4S2. The van der Waals surface area contributed by atoms with Crippen LogP contribution in [0.5, 0.6) is 0 Å². The minimum Gasteiger partial charge on any atom is -0.326 e. The molecule has 0 radical (unpaired) electrons.